The molecule has 0 aliphatic carbocycles. The minimum Gasteiger partial charge on any atom is -0.465 e. The fraction of sp³-hybridized carbons (Fsp3) is 0.692. The summed E-state index contributed by atoms with van der Waals surface area (Å²) in [6, 6.07) is 0. The van der Waals surface area contributed by atoms with E-state index in [-0.39, 0.29) is 5.41 Å². The fourth-order valence-electron chi connectivity index (χ4n) is 3.17. The fourth-order valence-corrected chi connectivity index (χ4v) is 3.17. The molecule has 5 nitrogen and oxygen atoms in total. The second kappa shape index (κ2) is 4.00. The lowest BCUT2D eigenvalue weighted by Gasteiger charge is -2.45. The van der Waals surface area contributed by atoms with Gasteiger partial charge in [0.15, 0.2) is 0 Å². The Kier molecular flexibility index (Phi) is 2.87. The van der Waals surface area contributed by atoms with Gasteiger partial charge in [0.25, 0.3) is 0 Å². The number of hydrogen-bond acceptors (Lipinski definition) is 2. The van der Waals surface area contributed by atoms with E-state index in [2.05, 4.69) is 37.7 Å². The molecule has 18 heavy (non-hydrogen) atoms. The Bertz CT molecular complexity index is 436. The SMILES string of the molecule is CC1CN(C(=O)O)[C@](c2ncc[nH]2)(C(C)(C)C)C1. The predicted molar refractivity (Wildman–Crippen MR) is 68.2 cm³/mol. The first-order chi connectivity index (χ1) is 8.29. The Morgan fingerprint density at radius 2 is 2.28 bits per heavy atom. The number of likely N-dealkylation sites (tertiary alicyclic amines) is 1. The molecule has 0 aromatic carbocycles. The number of carbonyl (C=O) groups is 1. The molecule has 2 atom stereocenters. The lowest BCUT2D eigenvalue weighted by molar-refractivity contribution is 0.0215. The Balaban J connectivity index is 2.59. The van der Waals surface area contributed by atoms with Crippen LogP contribution in [-0.4, -0.2) is 32.6 Å². The predicted octanol–water partition coefficient (Wildman–Crippen LogP) is 2.67. The summed E-state index contributed by atoms with van der Waals surface area (Å²) < 4.78 is 0. The van der Waals surface area contributed by atoms with Gasteiger partial charge in [0, 0.05) is 18.9 Å². The van der Waals surface area contributed by atoms with Gasteiger partial charge in [-0.15, -0.1) is 0 Å². The van der Waals surface area contributed by atoms with Crippen LogP contribution in [0.2, 0.25) is 0 Å². The highest BCUT2D eigenvalue weighted by Gasteiger charge is 2.56. The molecule has 100 valence electrons. The summed E-state index contributed by atoms with van der Waals surface area (Å²) in [5.74, 6) is 1.09. The highest BCUT2D eigenvalue weighted by atomic mass is 16.4. The number of nitrogens with one attached hydrogen (secondary N) is 1. The molecular weight excluding hydrogens is 230 g/mol. The third-order valence-corrected chi connectivity index (χ3v) is 3.96. The van der Waals surface area contributed by atoms with E-state index in [1.807, 2.05) is 0 Å². The van der Waals surface area contributed by atoms with Crippen molar-refractivity contribution in [3.63, 3.8) is 0 Å². The monoisotopic (exact) mass is 251 g/mol. The number of imidazole rings is 1. The minimum absolute atomic E-state index is 0.214. The molecular formula is C13H21N3O2. The molecule has 0 spiro atoms. The number of hydrogen-bond donors (Lipinski definition) is 2. The van der Waals surface area contributed by atoms with Crippen LogP contribution in [0.5, 0.6) is 0 Å². The topological polar surface area (TPSA) is 69.2 Å². The number of nitrogens with zero attached hydrogens (tertiary/aromatic N) is 2. The number of aromatic nitrogens is 2. The van der Waals surface area contributed by atoms with E-state index < -0.39 is 11.6 Å². The maximum Gasteiger partial charge on any atom is 0.408 e. The van der Waals surface area contributed by atoms with E-state index in [0.29, 0.717) is 12.5 Å². The van der Waals surface area contributed by atoms with Crippen molar-refractivity contribution in [2.24, 2.45) is 11.3 Å². The number of rotatable bonds is 1. The highest BCUT2D eigenvalue weighted by Crippen LogP contribution is 2.51. The first-order valence-corrected chi connectivity index (χ1v) is 6.29. The number of aromatic amines is 1. The molecule has 1 aliphatic heterocycles. The van der Waals surface area contributed by atoms with Gasteiger partial charge in [0.2, 0.25) is 0 Å². The molecule has 0 radical (unpaired) electrons. The van der Waals surface area contributed by atoms with Gasteiger partial charge in [-0.05, 0) is 17.8 Å². The maximum atomic E-state index is 11.6. The van der Waals surface area contributed by atoms with Gasteiger partial charge in [-0.3, -0.25) is 4.90 Å². The van der Waals surface area contributed by atoms with Crippen molar-refractivity contribution in [3.8, 4) is 0 Å². The average molecular weight is 251 g/mol. The standard InChI is InChI=1S/C13H21N3O2/c1-9-7-13(12(2,3)4,10-14-5-6-15-10)16(8-9)11(17)18/h5-6,9H,7-8H2,1-4H3,(H,14,15)(H,17,18)/t9?,13-/m1/s1. The quantitative estimate of drug-likeness (QED) is 0.806. The van der Waals surface area contributed by atoms with Crippen LogP contribution in [0.1, 0.15) is 39.9 Å². The van der Waals surface area contributed by atoms with Crippen molar-refractivity contribution in [3.05, 3.63) is 18.2 Å². The lowest BCUT2D eigenvalue weighted by Crippen LogP contribution is -2.53. The zero-order chi connectivity index (χ0) is 13.6. The Labute approximate surface area is 107 Å². The van der Waals surface area contributed by atoms with Crippen molar-refractivity contribution >= 4 is 6.09 Å². The number of amides is 1. The van der Waals surface area contributed by atoms with E-state index in [1.54, 1.807) is 17.3 Å². The van der Waals surface area contributed by atoms with E-state index in [0.717, 1.165) is 12.2 Å². The van der Waals surface area contributed by atoms with Gasteiger partial charge >= 0.3 is 6.09 Å². The van der Waals surface area contributed by atoms with Gasteiger partial charge in [0.1, 0.15) is 11.4 Å². The van der Waals surface area contributed by atoms with Gasteiger partial charge in [-0.1, -0.05) is 27.7 Å². The molecule has 1 fully saturated rings. The van der Waals surface area contributed by atoms with E-state index in [9.17, 15) is 9.90 Å². The molecule has 1 aromatic rings. The highest BCUT2D eigenvalue weighted by molar-refractivity contribution is 5.67. The second-order valence-corrected chi connectivity index (χ2v) is 6.25. The summed E-state index contributed by atoms with van der Waals surface area (Å²) in [4.78, 5) is 20.6. The average Bonchev–Trinajstić information content (AvgIpc) is 2.82. The molecule has 5 heteroatoms. The van der Waals surface area contributed by atoms with Crippen LogP contribution < -0.4 is 0 Å². The van der Waals surface area contributed by atoms with Crippen LogP contribution in [0, 0.1) is 11.3 Å². The molecule has 1 amide bonds. The summed E-state index contributed by atoms with van der Waals surface area (Å²) in [5.41, 5.74) is -0.782. The first kappa shape index (κ1) is 12.9. The Morgan fingerprint density at radius 1 is 1.61 bits per heavy atom. The van der Waals surface area contributed by atoms with Gasteiger partial charge in [-0.2, -0.15) is 0 Å². The zero-order valence-corrected chi connectivity index (χ0v) is 11.4. The molecule has 2 heterocycles. The van der Waals surface area contributed by atoms with Crippen molar-refractivity contribution in [2.75, 3.05) is 6.54 Å². The summed E-state index contributed by atoms with van der Waals surface area (Å²) in [5, 5.41) is 9.51. The number of carboxylic acid groups (broad SMARTS) is 1. The maximum absolute atomic E-state index is 11.6. The van der Waals surface area contributed by atoms with Gasteiger partial charge < -0.3 is 10.1 Å². The molecule has 1 aromatic heterocycles. The number of H-pyrrole nitrogens is 1. The summed E-state index contributed by atoms with van der Waals surface area (Å²) >= 11 is 0. The lowest BCUT2D eigenvalue weighted by atomic mass is 9.70. The summed E-state index contributed by atoms with van der Waals surface area (Å²) in [7, 11) is 0. The van der Waals surface area contributed by atoms with Crippen LogP contribution in [0.4, 0.5) is 4.79 Å². The van der Waals surface area contributed by atoms with Crippen LogP contribution >= 0.6 is 0 Å². The van der Waals surface area contributed by atoms with Crippen molar-refractivity contribution < 1.29 is 9.90 Å². The van der Waals surface area contributed by atoms with E-state index >= 15 is 0 Å². The Hall–Kier alpha value is -1.52. The third kappa shape index (κ3) is 1.69. The largest absolute Gasteiger partial charge is 0.465 e. The Morgan fingerprint density at radius 3 is 2.72 bits per heavy atom. The molecule has 1 saturated heterocycles. The zero-order valence-electron chi connectivity index (χ0n) is 11.4. The normalized spacial score (nSPS) is 28.7. The van der Waals surface area contributed by atoms with Crippen LogP contribution in [0.3, 0.4) is 0 Å². The third-order valence-electron chi connectivity index (χ3n) is 3.96. The molecule has 2 rings (SSSR count). The van der Waals surface area contributed by atoms with Gasteiger partial charge in [-0.25, -0.2) is 9.78 Å². The van der Waals surface area contributed by atoms with Crippen molar-refractivity contribution in [1.29, 1.82) is 0 Å². The van der Waals surface area contributed by atoms with Crippen LogP contribution in [-0.2, 0) is 5.54 Å². The smallest absolute Gasteiger partial charge is 0.408 e. The summed E-state index contributed by atoms with van der Waals surface area (Å²) in [6.07, 6.45) is 3.37. The van der Waals surface area contributed by atoms with Crippen LogP contribution in [0.25, 0.3) is 0 Å². The van der Waals surface area contributed by atoms with Crippen LogP contribution in [0.15, 0.2) is 12.4 Å². The first-order valence-electron chi connectivity index (χ1n) is 6.29. The second-order valence-electron chi connectivity index (χ2n) is 6.25. The van der Waals surface area contributed by atoms with Gasteiger partial charge in [0.05, 0.1) is 0 Å². The minimum atomic E-state index is -0.870. The molecule has 0 saturated carbocycles. The van der Waals surface area contributed by atoms with E-state index in [4.69, 9.17) is 0 Å². The molecule has 1 aliphatic rings. The molecule has 0 bridgehead atoms. The van der Waals surface area contributed by atoms with E-state index in [1.165, 1.54) is 0 Å². The van der Waals surface area contributed by atoms with Crippen molar-refractivity contribution in [1.82, 2.24) is 14.9 Å². The summed E-state index contributed by atoms with van der Waals surface area (Å²) in [6.45, 7) is 8.87. The van der Waals surface area contributed by atoms with Crippen molar-refractivity contribution in [2.45, 2.75) is 39.7 Å². The molecule has 2 N–H and O–H groups in total. The molecule has 1 unspecified atom stereocenters.